The Labute approximate surface area is 141 Å². The van der Waals surface area contributed by atoms with E-state index in [1.54, 1.807) is 0 Å². The van der Waals surface area contributed by atoms with E-state index in [1.807, 2.05) is 4.90 Å². The van der Waals surface area contributed by atoms with Crippen molar-refractivity contribution >= 4 is 5.91 Å². The molecule has 1 aromatic rings. The van der Waals surface area contributed by atoms with E-state index in [4.69, 9.17) is 5.26 Å². The molecule has 4 nitrogen and oxygen atoms in total. The molecule has 1 heterocycles. The fourth-order valence-corrected chi connectivity index (χ4v) is 5.80. The van der Waals surface area contributed by atoms with Crippen LogP contribution in [0.3, 0.4) is 0 Å². The fourth-order valence-electron chi connectivity index (χ4n) is 5.80. The number of aromatic nitrogens is 1. The Morgan fingerprint density at radius 1 is 1.25 bits per heavy atom. The van der Waals surface area contributed by atoms with Crippen LogP contribution >= 0.6 is 0 Å². The largest absolute Gasteiger partial charge is 0.332 e. The van der Waals surface area contributed by atoms with Gasteiger partial charge in [0.15, 0.2) is 0 Å². The zero-order valence-electron chi connectivity index (χ0n) is 13.7. The summed E-state index contributed by atoms with van der Waals surface area (Å²) < 4.78 is 13.5. The SMILES string of the molecule is N#CCCN(C(=O)c1cncc(F)c1)C12CC3CC(CC(C3)C1)C2. The number of nitrogens with zero attached hydrogens (tertiary/aromatic N) is 3. The van der Waals surface area contributed by atoms with Gasteiger partial charge in [0.1, 0.15) is 5.82 Å². The molecule has 0 spiro atoms. The first-order valence-corrected chi connectivity index (χ1v) is 8.89. The smallest absolute Gasteiger partial charge is 0.256 e. The predicted molar refractivity (Wildman–Crippen MR) is 86.4 cm³/mol. The third-order valence-corrected chi connectivity index (χ3v) is 6.22. The van der Waals surface area contributed by atoms with Crippen LogP contribution in [0.2, 0.25) is 0 Å². The second kappa shape index (κ2) is 5.84. The van der Waals surface area contributed by atoms with Crippen LogP contribution in [0.15, 0.2) is 18.5 Å². The summed E-state index contributed by atoms with van der Waals surface area (Å²) in [6, 6.07) is 3.42. The zero-order chi connectivity index (χ0) is 16.7. The molecule has 4 aliphatic carbocycles. The Bertz CT molecular complexity index is 661. The van der Waals surface area contributed by atoms with Crippen LogP contribution in [0.5, 0.6) is 0 Å². The molecule has 0 N–H and O–H groups in total. The maximum absolute atomic E-state index is 13.5. The summed E-state index contributed by atoms with van der Waals surface area (Å²) in [7, 11) is 0. The van der Waals surface area contributed by atoms with Gasteiger partial charge in [-0.2, -0.15) is 5.26 Å². The second-order valence-corrected chi connectivity index (χ2v) is 7.90. The van der Waals surface area contributed by atoms with Crippen LogP contribution in [0.1, 0.15) is 55.3 Å². The summed E-state index contributed by atoms with van der Waals surface area (Å²) >= 11 is 0. The molecule has 0 aliphatic heterocycles. The van der Waals surface area contributed by atoms with E-state index in [-0.39, 0.29) is 11.4 Å². The molecule has 0 atom stereocenters. The lowest BCUT2D eigenvalue weighted by Crippen LogP contribution is -2.61. The molecular formula is C19H22FN3O. The standard InChI is InChI=1S/C19H22FN3O/c20-17-7-16(11-22-12-17)18(24)23(3-1-2-21)19-8-13-4-14(9-19)6-15(5-13)10-19/h7,11-15H,1,3-6,8-10H2. The number of carbonyl (C=O) groups excluding carboxylic acids is 1. The minimum atomic E-state index is -0.494. The molecule has 0 saturated heterocycles. The summed E-state index contributed by atoms with van der Waals surface area (Å²) in [5.74, 6) is 1.46. The number of amides is 1. The molecule has 0 radical (unpaired) electrons. The van der Waals surface area contributed by atoms with Crippen molar-refractivity contribution in [3.63, 3.8) is 0 Å². The van der Waals surface area contributed by atoms with Crippen LogP contribution in [-0.4, -0.2) is 27.9 Å². The van der Waals surface area contributed by atoms with Crippen molar-refractivity contribution in [1.82, 2.24) is 9.88 Å². The van der Waals surface area contributed by atoms with Crippen LogP contribution in [0.4, 0.5) is 4.39 Å². The predicted octanol–water partition coefficient (Wildman–Crippen LogP) is 3.55. The Balaban J connectivity index is 1.67. The lowest BCUT2D eigenvalue weighted by Gasteiger charge is -2.60. The highest BCUT2D eigenvalue weighted by Crippen LogP contribution is 2.58. The number of halogens is 1. The van der Waals surface area contributed by atoms with E-state index in [9.17, 15) is 9.18 Å². The lowest BCUT2D eigenvalue weighted by molar-refractivity contribution is -0.0741. The summed E-state index contributed by atoms with van der Waals surface area (Å²) in [5.41, 5.74) is 0.165. The average Bonchev–Trinajstić information content (AvgIpc) is 2.53. The summed E-state index contributed by atoms with van der Waals surface area (Å²) in [5, 5.41) is 9.03. The van der Waals surface area contributed by atoms with Gasteiger partial charge in [0, 0.05) is 18.3 Å². The Morgan fingerprint density at radius 2 is 1.88 bits per heavy atom. The zero-order valence-corrected chi connectivity index (χ0v) is 13.7. The van der Waals surface area contributed by atoms with E-state index in [0.717, 1.165) is 25.5 Å². The number of nitriles is 1. The minimum absolute atomic E-state index is 0.130. The average molecular weight is 327 g/mol. The van der Waals surface area contributed by atoms with Crippen LogP contribution in [0.25, 0.3) is 0 Å². The number of hydrogen-bond donors (Lipinski definition) is 0. The van der Waals surface area contributed by atoms with Gasteiger partial charge >= 0.3 is 0 Å². The van der Waals surface area contributed by atoms with Crippen LogP contribution < -0.4 is 0 Å². The first-order valence-electron chi connectivity index (χ1n) is 8.89. The van der Waals surface area contributed by atoms with Gasteiger partial charge in [0.2, 0.25) is 0 Å². The van der Waals surface area contributed by atoms with E-state index in [0.29, 0.717) is 36.3 Å². The Kier molecular flexibility index (Phi) is 3.79. The van der Waals surface area contributed by atoms with Gasteiger partial charge in [-0.3, -0.25) is 9.78 Å². The lowest BCUT2D eigenvalue weighted by atomic mass is 9.52. The van der Waals surface area contributed by atoms with Crippen molar-refractivity contribution < 1.29 is 9.18 Å². The van der Waals surface area contributed by atoms with Gasteiger partial charge in [-0.25, -0.2) is 4.39 Å². The Hall–Kier alpha value is -1.96. The third-order valence-electron chi connectivity index (χ3n) is 6.22. The molecule has 4 fully saturated rings. The molecule has 5 heteroatoms. The van der Waals surface area contributed by atoms with Crippen LogP contribution in [-0.2, 0) is 0 Å². The summed E-state index contributed by atoms with van der Waals surface area (Å²) in [6.45, 7) is 0.429. The van der Waals surface area contributed by atoms with Crippen molar-refractivity contribution in [2.45, 2.75) is 50.5 Å². The van der Waals surface area contributed by atoms with Crippen molar-refractivity contribution in [1.29, 1.82) is 5.26 Å². The molecule has 4 aliphatic rings. The normalized spacial score (nSPS) is 33.2. The fraction of sp³-hybridized carbons (Fsp3) is 0.632. The first kappa shape index (κ1) is 15.6. The van der Waals surface area contributed by atoms with Crippen molar-refractivity contribution in [3.8, 4) is 6.07 Å². The maximum atomic E-state index is 13.5. The molecular weight excluding hydrogens is 305 g/mol. The van der Waals surface area contributed by atoms with E-state index in [2.05, 4.69) is 11.1 Å². The molecule has 1 amide bonds. The molecule has 1 aromatic heterocycles. The highest BCUT2D eigenvalue weighted by Gasteiger charge is 2.54. The Morgan fingerprint density at radius 3 is 2.42 bits per heavy atom. The van der Waals surface area contributed by atoms with Gasteiger partial charge in [-0.05, 0) is 62.3 Å². The highest BCUT2D eigenvalue weighted by atomic mass is 19.1. The van der Waals surface area contributed by atoms with E-state index < -0.39 is 5.82 Å². The van der Waals surface area contributed by atoms with Gasteiger partial charge in [-0.1, -0.05) is 0 Å². The minimum Gasteiger partial charge on any atom is -0.332 e. The van der Waals surface area contributed by atoms with Crippen molar-refractivity contribution in [3.05, 3.63) is 29.8 Å². The topological polar surface area (TPSA) is 57.0 Å². The number of carbonyl (C=O) groups is 1. The van der Waals surface area contributed by atoms with E-state index >= 15 is 0 Å². The quantitative estimate of drug-likeness (QED) is 0.850. The van der Waals surface area contributed by atoms with Crippen molar-refractivity contribution in [2.24, 2.45) is 17.8 Å². The van der Waals surface area contributed by atoms with Gasteiger partial charge in [-0.15, -0.1) is 0 Å². The summed E-state index contributed by atoms with van der Waals surface area (Å²) in [4.78, 5) is 18.9. The number of pyridine rings is 1. The van der Waals surface area contributed by atoms with Gasteiger partial charge in [0.25, 0.3) is 5.91 Å². The van der Waals surface area contributed by atoms with Crippen molar-refractivity contribution in [2.75, 3.05) is 6.54 Å². The molecule has 24 heavy (non-hydrogen) atoms. The molecule has 0 aromatic carbocycles. The summed E-state index contributed by atoms with van der Waals surface area (Å²) in [6.07, 6.45) is 9.86. The van der Waals surface area contributed by atoms with Gasteiger partial charge in [0.05, 0.1) is 24.3 Å². The third kappa shape index (κ3) is 2.58. The molecule has 4 bridgehead atoms. The van der Waals surface area contributed by atoms with E-state index in [1.165, 1.54) is 31.5 Å². The maximum Gasteiger partial charge on any atom is 0.256 e. The number of hydrogen-bond acceptors (Lipinski definition) is 3. The molecule has 126 valence electrons. The second-order valence-electron chi connectivity index (χ2n) is 7.90. The van der Waals surface area contributed by atoms with Crippen LogP contribution in [0, 0.1) is 34.9 Å². The highest BCUT2D eigenvalue weighted by molar-refractivity contribution is 5.94. The molecule has 0 unspecified atom stereocenters. The molecule has 5 rings (SSSR count). The monoisotopic (exact) mass is 327 g/mol. The molecule has 4 saturated carbocycles. The first-order chi connectivity index (χ1) is 11.6. The van der Waals surface area contributed by atoms with Gasteiger partial charge < -0.3 is 4.90 Å². The number of rotatable bonds is 4.